The van der Waals surface area contributed by atoms with Crippen LogP contribution in [0.3, 0.4) is 0 Å². The fraction of sp³-hybridized carbons (Fsp3) is 1.00. The van der Waals surface area contributed by atoms with Crippen molar-refractivity contribution in [2.75, 3.05) is 19.9 Å². The third-order valence-electron chi connectivity index (χ3n) is 0.627. The summed E-state index contributed by atoms with van der Waals surface area (Å²) in [4.78, 5) is 0. The first-order valence-electron chi connectivity index (χ1n) is 2.66. The van der Waals surface area contributed by atoms with Crippen LogP contribution in [-0.4, -0.2) is 27.1 Å². The van der Waals surface area contributed by atoms with Crippen LogP contribution in [-0.2, 0) is 4.74 Å². The van der Waals surface area contributed by atoms with Crippen LogP contribution in [0.5, 0.6) is 0 Å². The molecule has 0 bridgehead atoms. The van der Waals surface area contributed by atoms with Crippen LogP contribution >= 0.6 is 0 Å². The predicted molar refractivity (Wildman–Crippen MR) is 29.0 cm³/mol. The zero-order valence-corrected chi connectivity index (χ0v) is 5.12. The molecule has 7 heteroatoms. The maximum absolute atomic E-state index is 9.75. The molecule has 0 aromatic heterocycles. The van der Waals surface area contributed by atoms with E-state index < -0.39 is 7.25 Å². The lowest BCUT2D eigenvalue weighted by atomic mass is 10.3. The van der Waals surface area contributed by atoms with Crippen LogP contribution in [0.1, 0.15) is 0 Å². The van der Waals surface area contributed by atoms with E-state index in [4.69, 9.17) is 4.74 Å². The van der Waals surface area contributed by atoms with Gasteiger partial charge in [0.25, 0.3) is 0 Å². The third kappa shape index (κ3) is 15.6. The molecule has 1 fully saturated rings. The van der Waals surface area contributed by atoms with Gasteiger partial charge in [0.05, 0.1) is 13.3 Å². The molecule has 2 nitrogen and oxygen atoms in total. The van der Waals surface area contributed by atoms with E-state index in [2.05, 4.69) is 5.32 Å². The SMILES string of the molecule is C1COCN1.F[B-](F)(F)F. The minimum absolute atomic E-state index is 0.750. The Hall–Kier alpha value is -0.295. The topological polar surface area (TPSA) is 21.3 Å². The van der Waals surface area contributed by atoms with Crippen molar-refractivity contribution in [1.29, 1.82) is 0 Å². The van der Waals surface area contributed by atoms with Gasteiger partial charge in [0.15, 0.2) is 0 Å². The number of ether oxygens (including phenoxy) is 1. The van der Waals surface area contributed by atoms with Crippen LogP contribution in [0.4, 0.5) is 17.3 Å². The lowest BCUT2D eigenvalue weighted by Gasteiger charge is -1.94. The summed E-state index contributed by atoms with van der Waals surface area (Å²) < 4.78 is 43.8. The molecule has 0 amide bonds. The largest absolute Gasteiger partial charge is 0.673 e. The second kappa shape index (κ2) is 4.51. The molecule has 0 aromatic carbocycles. The number of hydrogen-bond donors (Lipinski definition) is 1. The first-order valence-corrected chi connectivity index (χ1v) is 2.66. The van der Waals surface area contributed by atoms with Gasteiger partial charge in [-0.15, -0.1) is 0 Å². The Bertz CT molecular complexity index is 69.5. The van der Waals surface area contributed by atoms with Crippen molar-refractivity contribution >= 4 is 7.25 Å². The van der Waals surface area contributed by atoms with Crippen LogP contribution in [0, 0.1) is 0 Å². The average molecular weight is 160 g/mol. The fourth-order valence-electron chi connectivity index (χ4n) is 0.361. The van der Waals surface area contributed by atoms with Crippen molar-refractivity contribution < 1.29 is 22.0 Å². The Balaban J connectivity index is 0.000000162. The van der Waals surface area contributed by atoms with E-state index in [1.165, 1.54) is 0 Å². The molecular weight excluding hydrogens is 153 g/mol. The van der Waals surface area contributed by atoms with Crippen LogP contribution < -0.4 is 5.32 Å². The van der Waals surface area contributed by atoms with E-state index >= 15 is 0 Å². The standard InChI is InChI=1S/C3H7NO.BF4/c1-2-5-3-4-1;2-1(3,4)5/h4H,1-3H2;/q;-1. The van der Waals surface area contributed by atoms with Crippen molar-refractivity contribution in [3.8, 4) is 0 Å². The van der Waals surface area contributed by atoms with Gasteiger partial charge in [-0.05, 0) is 0 Å². The molecule has 0 unspecified atom stereocenters. The Labute approximate surface area is 55.6 Å². The molecule has 0 aromatic rings. The summed E-state index contributed by atoms with van der Waals surface area (Å²) in [6, 6.07) is 0. The van der Waals surface area contributed by atoms with Gasteiger partial charge in [-0.3, -0.25) is 5.32 Å². The summed E-state index contributed by atoms with van der Waals surface area (Å²) in [6.07, 6.45) is 0. The Morgan fingerprint density at radius 1 is 1.20 bits per heavy atom. The number of halogens is 4. The quantitative estimate of drug-likeness (QED) is 0.419. The first-order chi connectivity index (χ1) is 4.50. The summed E-state index contributed by atoms with van der Waals surface area (Å²) in [5.74, 6) is 0. The average Bonchev–Trinajstić information content (AvgIpc) is 2.07. The van der Waals surface area contributed by atoms with E-state index in [1.807, 2.05) is 0 Å². The number of hydrogen-bond acceptors (Lipinski definition) is 2. The molecule has 0 atom stereocenters. The van der Waals surface area contributed by atoms with Gasteiger partial charge >= 0.3 is 7.25 Å². The molecule has 0 aliphatic carbocycles. The zero-order chi connectivity index (χ0) is 8.04. The summed E-state index contributed by atoms with van der Waals surface area (Å²) in [7, 11) is -6.00. The summed E-state index contributed by atoms with van der Waals surface area (Å²) in [5, 5.41) is 3.00. The van der Waals surface area contributed by atoms with Gasteiger partial charge in [-0.1, -0.05) is 0 Å². The smallest absolute Gasteiger partial charge is 0.418 e. The van der Waals surface area contributed by atoms with E-state index in [-0.39, 0.29) is 0 Å². The molecular formula is C3H7BF4NO-. The molecule has 1 aliphatic rings. The normalized spacial score (nSPS) is 18.0. The Kier molecular flexibility index (Phi) is 4.38. The van der Waals surface area contributed by atoms with Gasteiger partial charge in [0.1, 0.15) is 0 Å². The molecule has 0 radical (unpaired) electrons. The van der Waals surface area contributed by atoms with E-state index in [0.717, 1.165) is 19.9 Å². The molecule has 1 saturated heterocycles. The maximum Gasteiger partial charge on any atom is 0.673 e. The van der Waals surface area contributed by atoms with E-state index in [9.17, 15) is 17.3 Å². The van der Waals surface area contributed by atoms with Crippen LogP contribution in [0.2, 0.25) is 0 Å². The minimum atomic E-state index is -6.00. The second-order valence-corrected chi connectivity index (χ2v) is 1.55. The monoisotopic (exact) mass is 160 g/mol. The predicted octanol–water partition coefficient (Wildman–Crippen LogP) is 0.864. The van der Waals surface area contributed by atoms with Crippen LogP contribution in [0.15, 0.2) is 0 Å². The zero-order valence-electron chi connectivity index (χ0n) is 5.12. The molecule has 1 rings (SSSR count). The van der Waals surface area contributed by atoms with Gasteiger partial charge in [-0.2, -0.15) is 0 Å². The van der Waals surface area contributed by atoms with Gasteiger partial charge in [-0.25, -0.2) is 0 Å². The van der Waals surface area contributed by atoms with Crippen molar-refractivity contribution in [3.05, 3.63) is 0 Å². The van der Waals surface area contributed by atoms with Crippen molar-refractivity contribution in [1.82, 2.24) is 5.32 Å². The molecule has 1 heterocycles. The lowest BCUT2D eigenvalue weighted by Crippen LogP contribution is -2.05. The van der Waals surface area contributed by atoms with Crippen LogP contribution in [0.25, 0.3) is 0 Å². The van der Waals surface area contributed by atoms with Gasteiger partial charge < -0.3 is 22.0 Å². The maximum atomic E-state index is 9.75. The number of nitrogens with one attached hydrogen (secondary N) is 1. The second-order valence-electron chi connectivity index (χ2n) is 1.55. The summed E-state index contributed by atoms with van der Waals surface area (Å²) in [6.45, 7) is 2.67. The Morgan fingerprint density at radius 3 is 1.80 bits per heavy atom. The van der Waals surface area contributed by atoms with Gasteiger partial charge in [0.2, 0.25) is 0 Å². The number of rotatable bonds is 0. The van der Waals surface area contributed by atoms with Gasteiger partial charge in [0, 0.05) is 6.54 Å². The lowest BCUT2D eigenvalue weighted by molar-refractivity contribution is 0.194. The molecule has 1 N–H and O–H groups in total. The summed E-state index contributed by atoms with van der Waals surface area (Å²) >= 11 is 0. The van der Waals surface area contributed by atoms with E-state index in [0.29, 0.717) is 0 Å². The van der Waals surface area contributed by atoms with Crippen molar-refractivity contribution in [3.63, 3.8) is 0 Å². The van der Waals surface area contributed by atoms with Crippen molar-refractivity contribution in [2.45, 2.75) is 0 Å². The third-order valence-corrected chi connectivity index (χ3v) is 0.627. The molecule has 0 saturated carbocycles. The minimum Gasteiger partial charge on any atom is -0.418 e. The first kappa shape index (κ1) is 9.70. The molecule has 10 heavy (non-hydrogen) atoms. The fourth-order valence-corrected chi connectivity index (χ4v) is 0.361. The van der Waals surface area contributed by atoms with Crippen molar-refractivity contribution in [2.24, 2.45) is 0 Å². The Morgan fingerprint density at radius 2 is 1.70 bits per heavy atom. The molecule has 62 valence electrons. The molecule has 0 spiro atoms. The highest BCUT2D eigenvalue weighted by Crippen LogP contribution is 2.06. The van der Waals surface area contributed by atoms with E-state index in [1.54, 1.807) is 0 Å². The highest BCUT2D eigenvalue weighted by atomic mass is 19.5. The molecule has 1 aliphatic heterocycles. The summed E-state index contributed by atoms with van der Waals surface area (Å²) in [5.41, 5.74) is 0. The highest BCUT2D eigenvalue weighted by molar-refractivity contribution is 6.50. The highest BCUT2D eigenvalue weighted by Gasteiger charge is 2.20.